The van der Waals surface area contributed by atoms with Crippen molar-refractivity contribution in [2.75, 3.05) is 58.5 Å². The number of esters is 2. The molecule has 0 aliphatic carbocycles. The Morgan fingerprint density at radius 2 is 1.76 bits per heavy atom. The highest BCUT2D eigenvalue weighted by Crippen LogP contribution is 2.29. The summed E-state index contributed by atoms with van der Waals surface area (Å²) in [6.07, 6.45) is 7.16. The summed E-state index contributed by atoms with van der Waals surface area (Å²) in [6, 6.07) is 6.87. The zero-order valence-corrected chi connectivity index (χ0v) is 18.9. The third-order valence-electron chi connectivity index (χ3n) is 5.34. The number of hydrogen-bond donors (Lipinski definition) is 1. The molecule has 9 heteroatoms. The van der Waals surface area contributed by atoms with Crippen molar-refractivity contribution < 1.29 is 28.6 Å². The Morgan fingerprint density at radius 3 is 2.48 bits per heavy atom. The molecule has 0 unspecified atom stereocenters. The second-order valence-electron chi connectivity index (χ2n) is 7.40. The van der Waals surface area contributed by atoms with E-state index in [1.807, 2.05) is 0 Å². The Kier molecular flexibility index (Phi) is 8.79. The van der Waals surface area contributed by atoms with Gasteiger partial charge in [-0.25, -0.2) is 9.59 Å². The van der Waals surface area contributed by atoms with Crippen LogP contribution in [0.4, 0.5) is 5.69 Å². The van der Waals surface area contributed by atoms with Gasteiger partial charge < -0.3 is 24.4 Å². The van der Waals surface area contributed by atoms with Gasteiger partial charge >= 0.3 is 11.9 Å². The van der Waals surface area contributed by atoms with E-state index >= 15 is 0 Å². The normalized spacial score (nSPS) is 16.4. The molecular formula is C24H29N3O6. The van der Waals surface area contributed by atoms with Gasteiger partial charge in [-0.2, -0.15) is 0 Å². The molecule has 0 saturated carbocycles. The van der Waals surface area contributed by atoms with Gasteiger partial charge in [0.1, 0.15) is 5.70 Å². The number of benzene rings is 1. The number of amides is 1. The minimum atomic E-state index is -0.729. The summed E-state index contributed by atoms with van der Waals surface area (Å²) < 4.78 is 15.1. The van der Waals surface area contributed by atoms with Crippen LogP contribution in [0.5, 0.6) is 0 Å². The molecule has 2 heterocycles. The zero-order valence-electron chi connectivity index (χ0n) is 18.9. The molecule has 2 aliphatic heterocycles. The fourth-order valence-electron chi connectivity index (χ4n) is 3.65. The average Bonchev–Trinajstić information content (AvgIpc) is 3.09. The van der Waals surface area contributed by atoms with E-state index in [0.717, 1.165) is 39.3 Å². The van der Waals surface area contributed by atoms with Crippen LogP contribution < -0.4 is 10.2 Å². The first-order valence-corrected chi connectivity index (χ1v) is 10.8. The number of nitrogens with zero attached hydrogens (tertiary/aromatic N) is 2. The number of carbonyl (C=O) groups is 3. The van der Waals surface area contributed by atoms with Crippen molar-refractivity contribution in [2.24, 2.45) is 0 Å². The Hall–Kier alpha value is -3.43. The molecule has 1 amide bonds. The second kappa shape index (κ2) is 12.0. The summed E-state index contributed by atoms with van der Waals surface area (Å²) in [5.41, 5.74) is 0.781. The average molecular weight is 456 g/mol. The van der Waals surface area contributed by atoms with E-state index in [2.05, 4.69) is 10.2 Å². The lowest BCUT2D eigenvalue weighted by Gasteiger charge is -2.26. The highest BCUT2D eigenvalue weighted by molar-refractivity contribution is 6.07. The third-order valence-corrected chi connectivity index (χ3v) is 5.34. The number of carbonyl (C=O) groups excluding carboxylic acids is 3. The SMILES string of the molecule is COC(=O)C1=C(C(=O)OC)N(c2ccccc2C(=O)NCCCN2CCOCC2)C=CC=C1. The van der Waals surface area contributed by atoms with Crippen LogP contribution in [0.3, 0.4) is 0 Å². The molecule has 1 saturated heterocycles. The van der Waals surface area contributed by atoms with Gasteiger partial charge in [0, 0.05) is 25.8 Å². The standard InChI is InChI=1S/C24H29N3O6/c1-31-23(29)19-9-5-6-13-27(21(19)24(30)32-2)20-10-4-3-8-18(20)22(28)25-11-7-12-26-14-16-33-17-15-26/h3-6,8-10,13H,7,11-12,14-17H2,1-2H3,(H,25,28). The van der Waals surface area contributed by atoms with E-state index in [4.69, 9.17) is 14.2 Å². The second-order valence-corrected chi connectivity index (χ2v) is 7.40. The first-order chi connectivity index (χ1) is 16.1. The van der Waals surface area contributed by atoms with Crippen LogP contribution in [-0.2, 0) is 23.8 Å². The Morgan fingerprint density at radius 1 is 1.03 bits per heavy atom. The number of allylic oxidation sites excluding steroid dienone is 2. The molecule has 176 valence electrons. The largest absolute Gasteiger partial charge is 0.465 e. The van der Waals surface area contributed by atoms with Crippen molar-refractivity contribution in [3.05, 3.63) is 65.5 Å². The first kappa shape index (κ1) is 24.2. The van der Waals surface area contributed by atoms with Crippen LogP contribution in [0.1, 0.15) is 16.8 Å². The van der Waals surface area contributed by atoms with Crippen molar-refractivity contribution in [1.82, 2.24) is 10.2 Å². The van der Waals surface area contributed by atoms with E-state index in [-0.39, 0.29) is 17.2 Å². The molecular weight excluding hydrogens is 426 g/mol. The van der Waals surface area contributed by atoms with Crippen LogP contribution >= 0.6 is 0 Å². The van der Waals surface area contributed by atoms with E-state index in [1.54, 1.807) is 42.6 Å². The quantitative estimate of drug-likeness (QED) is 0.467. The summed E-state index contributed by atoms with van der Waals surface area (Å²) in [5, 5.41) is 2.95. The Bertz CT molecular complexity index is 963. The number of hydrogen-bond acceptors (Lipinski definition) is 8. The predicted octanol–water partition coefficient (Wildman–Crippen LogP) is 1.63. The maximum absolute atomic E-state index is 13.0. The minimum absolute atomic E-state index is 0.0232. The van der Waals surface area contributed by atoms with Crippen molar-refractivity contribution in [2.45, 2.75) is 6.42 Å². The lowest BCUT2D eigenvalue weighted by atomic mass is 10.1. The molecule has 0 bridgehead atoms. The molecule has 9 nitrogen and oxygen atoms in total. The van der Waals surface area contributed by atoms with Gasteiger partial charge in [0.05, 0.1) is 44.3 Å². The first-order valence-electron chi connectivity index (χ1n) is 10.8. The topological polar surface area (TPSA) is 97.4 Å². The van der Waals surface area contributed by atoms with Crippen LogP contribution in [-0.4, -0.2) is 76.4 Å². The molecule has 1 N–H and O–H groups in total. The highest BCUT2D eigenvalue weighted by Gasteiger charge is 2.29. The Labute approximate surface area is 193 Å². The number of nitrogens with one attached hydrogen (secondary N) is 1. The number of para-hydroxylation sites is 1. The van der Waals surface area contributed by atoms with Crippen LogP contribution in [0, 0.1) is 0 Å². The summed E-state index contributed by atoms with van der Waals surface area (Å²) in [4.78, 5) is 41.8. The number of methoxy groups -OCH3 is 2. The number of morpholine rings is 1. The monoisotopic (exact) mass is 455 g/mol. The Balaban J connectivity index is 1.81. The van der Waals surface area contributed by atoms with E-state index < -0.39 is 11.9 Å². The lowest BCUT2D eigenvalue weighted by molar-refractivity contribution is -0.139. The van der Waals surface area contributed by atoms with Crippen LogP contribution in [0.15, 0.2) is 60.0 Å². The molecule has 0 spiro atoms. The highest BCUT2D eigenvalue weighted by atomic mass is 16.5. The van der Waals surface area contributed by atoms with Crippen LogP contribution in [0.25, 0.3) is 0 Å². The van der Waals surface area contributed by atoms with Gasteiger partial charge in [0.25, 0.3) is 5.91 Å². The van der Waals surface area contributed by atoms with Crippen molar-refractivity contribution in [3.63, 3.8) is 0 Å². The number of rotatable bonds is 8. The predicted molar refractivity (Wildman–Crippen MR) is 122 cm³/mol. The molecule has 0 aromatic heterocycles. The molecule has 0 radical (unpaired) electrons. The molecule has 3 rings (SSSR count). The van der Waals surface area contributed by atoms with Crippen LogP contribution in [0.2, 0.25) is 0 Å². The molecule has 1 fully saturated rings. The smallest absolute Gasteiger partial charge is 0.355 e. The fourth-order valence-corrected chi connectivity index (χ4v) is 3.65. The van der Waals surface area contributed by atoms with Gasteiger partial charge in [0.15, 0.2) is 0 Å². The summed E-state index contributed by atoms with van der Waals surface area (Å²) in [6.45, 7) is 4.66. The van der Waals surface area contributed by atoms with Gasteiger partial charge in [-0.3, -0.25) is 9.69 Å². The molecule has 1 aromatic rings. The van der Waals surface area contributed by atoms with Gasteiger partial charge in [0.2, 0.25) is 0 Å². The van der Waals surface area contributed by atoms with Gasteiger partial charge in [-0.15, -0.1) is 0 Å². The van der Waals surface area contributed by atoms with Gasteiger partial charge in [-0.1, -0.05) is 18.2 Å². The summed E-state index contributed by atoms with van der Waals surface area (Å²) >= 11 is 0. The zero-order chi connectivity index (χ0) is 23.6. The fraction of sp³-hybridized carbons (Fsp3) is 0.375. The van der Waals surface area contributed by atoms with Crippen molar-refractivity contribution in [3.8, 4) is 0 Å². The van der Waals surface area contributed by atoms with E-state index in [0.29, 0.717) is 17.8 Å². The summed E-state index contributed by atoms with van der Waals surface area (Å²) in [7, 11) is 2.47. The minimum Gasteiger partial charge on any atom is -0.465 e. The molecule has 2 aliphatic rings. The number of ether oxygens (including phenoxy) is 3. The molecule has 0 atom stereocenters. The maximum atomic E-state index is 13.0. The third kappa shape index (κ3) is 6.09. The molecule has 33 heavy (non-hydrogen) atoms. The maximum Gasteiger partial charge on any atom is 0.355 e. The van der Waals surface area contributed by atoms with E-state index in [1.165, 1.54) is 25.2 Å². The lowest BCUT2D eigenvalue weighted by Crippen LogP contribution is -2.38. The van der Waals surface area contributed by atoms with Crippen molar-refractivity contribution >= 4 is 23.5 Å². The number of anilines is 1. The van der Waals surface area contributed by atoms with E-state index in [9.17, 15) is 14.4 Å². The van der Waals surface area contributed by atoms with Crippen molar-refractivity contribution in [1.29, 1.82) is 0 Å². The van der Waals surface area contributed by atoms with Gasteiger partial charge in [-0.05, 0) is 37.3 Å². The molecule has 1 aromatic carbocycles. The summed E-state index contributed by atoms with van der Waals surface area (Å²) in [5.74, 6) is -1.69.